The van der Waals surface area contributed by atoms with Crippen LogP contribution in [0.25, 0.3) is 0 Å². The van der Waals surface area contributed by atoms with E-state index < -0.39 is 16.0 Å². The lowest BCUT2D eigenvalue weighted by Gasteiger charge is -2.09. The summed E-state index contributed by atoms with van der Waals surface area (Å²) in [5.41, 5.74) is 0.254. The van der Waals surface area contributed by atoms with Crippen LogP contribution in [0.15, 0.2) is 18.2 Å². The number of carbonyl (C=O) groups excluding carboxylic acids is 1. The van der Waals surface area contributed by atoms with E-state index in [1.807, 2.05) is 0 Å². The first-order valence-corrected chi connectivity index (χ1v) is 7.77. The molecule has 0 spiro atoms. The van der Waals surface area contributed by atoms with Crippen molar-refractivity contribution >= 4 is 44.9 Å². The summed E-state index contributed by atoms with van der Waals surface area (Å²) in [5.74, 6) is -0.638. The Labute approximate surface area is 121 Å². The highest BCUT2D eigenvalue weighted by Crippen LogP contribution is 2.26. The Kier molecular flexibility index (Phi) is 5.90. The Balaban J connectivity index is 2.61. The minimum Gasteiger partial charge on any atom is -0.469 e. The summed E-state index contributed by atoms with van der Waals surface area (Å²) in [4.78, 5) is 10.9. The highest BCUT2D eigenvalue weighted by Gasteiger charge is 2.13. The Hall–Kier alpha value is -0.980. The molecule has 0 aliphatic heterocycles. The van der Waals surface area contributed by atoms with Gasteiger partial charge >= 0.3 is 5.97 Å². The van der Waals surface area contributed by atoms with Gasteiger partial charge in [0.25, 0.3) is 0 Å². The molecule has 0 unspecified atom stereocenters. The second-order valence-electron chi connectivity index (χ2n) is 3.72. The van der Waals surface area contributed by atoms with Crippen LogP contribution in [0.3, 0.4) is 0 Å². The molecule has 106 valence electrons. The average molecular weight is 326 g/mol. The van der Waals surface area contributed by atoms with Crippen molar-refractivity contribution in [2.24, 2.45) is 0 Å². The maximum atomic E-state index is 11.8. The van der Waals surface area contributed by atoms with E-state index in [9.17, 15) is 13.2 Å². The number of benzene rings is 1. The number of sulfonamides is 1. The summed E-state index contributed by atoms with van der Waals surface area (Å²) in [6.07, 6.45) is 0.221. The van der Waals surface area contributed by atoms with Crippen LogP contribution in [-0.2, 0) is 19.6 Å². The van der Waals surface area contributed by atoms with Crippen molar-refractivity contribution in [3.8, 4) is 0 Å². The standard InChI is InChI=1S/C11H13Cl2NO4S/c1-18-11(15)3-2-6-19(16,17)14-10-5-4-8(12)7-9(10)13/h4-5,7,14H,2-3,6H2,1H3. The van der Waals surface area contributed by atoms with Gasteiger partial charge in [-0.15, -0.1) is 0 Å². The number of esters is 1. The molecule has 0 amide bonds. The van der Waals surface area contributed by atoms with Crippen molar-refractivity contribution in [1.82, 2.24) is 0 Å². The van der Waals surface area contributed by atoms with Crippen LogP contribution in [-0.4, -0.2) is 27.2 Å². The fraction of sp³-hybridized carbons (Fsp3) is 0.364. The first-order chi connectivity index (χ1) is 8.84. The monoisotopic (exact) mass is 325 g/mol. The summed E-state index contributed by atoms with van der Waals surface area (Å²) in [6, 6.07) is 4.44. The highest BCUT2D eigenvalue weighted by atomic mass is 35.5. The van der Waals surface area contributed by atoms with Crippen LogP contribution in [0.1, 0.15) is 12.8 Å². The molecule has 0 saturated heterocycles. The van der Waals surface area contributed by atoms with Gasteiger partial charge in [0, 0.05) is 11.4 Å². The van der Waals surface area contributed by atoms with E-state index in [2.05, 4.69) is 9.46 Å². The molecule has 0 saturated carbocycles. The second kappa shape index (κ2) is 6.98. The first-order valence-electron chi connectivity index (χ1n) is 5.36. The fourth-order valence-electron chi connectivity index (χ4n) is 1.30. The molecule has 0 bridgehead atoms. The van der Waals surface area contributed by atoms with Gasteiger partial charge in [-0.05, 0) is 24.6 Å². The predicted octanol–water partition coefficient (Wildman–Crippen LogP) is 2.69. The van der Waals surface area contributed by atoms with Crippen LogP contribution >= 0.6 is 23.2 Å². The van der Waals surface area contributed by atoms with E-state index in [0.29, 0.717) is 5.02 Å². The number of hydrogen-bond donors (Lipinski definition) is 1. The van der Waals surface area contributed by atoms with Gasteiger partial charge < -0.3 is 4.74 Å². The maximum absolute atomic E-state index is 11.8. The average Bonchev–Trinajstić information content (AvgIpc) is 2.32. The Morgan fingerprint density at radius 1 is 1.37 bits per heavy atom. The van der Waals surface area contributed by atoms with E-state index >= 15 is 0 Å². The molecule has 0 radical (unpaired) electrons. The van der Waals surface area contributed by atoms with Crippen LogP contribution in [0, 0.1) is 0 Å². The quantitative estimate of drug-likeness (QED) is 0.816. The van der Waals surface area contributed by atoms with Gasteiger partial charge in [-0.1, -0.05) is 23.2 Å². The number of hydrogen-bond acceptors (Lipinski definition) is 4. The molecule has 0 aromatic heterocycles. The van der Waals surface area contributed by atoms with E-state index in [0.717, 1.165) is 0 Å². The molecule has 0 heterocycles. The lowest BCUT2D eigenvalue weighted by Crippen LogP contribution is -2.17. The summed E-state index contributed by atoms with van der Waals surface area (Å²) in [7, 11) is -2.31. The zero-order valence-electron chi connectivity index (χ0n) is 10.2. The van der Waals surface area contributed by atoms with Crippen LogP contribution < -0.4 is 4.72 Å². The van der Waals surface area contributed by atoms with Crippen molar-refractivity contribution in [3.05, 3.63) is 28.2 Å². The molecule has 0 atom stereocenters. The van der Waals surface area contributed by atoms with Gasteiger partial charge in [0.15, 0.2) is 0 Å². The van der Waals surface area contributed by atoms with Crippen molar-refractivity contribution < 1.29 is 17.9 Å². The van der Waals surface area contributed by atoms with Crippen molar-refractivity contribution in [2.75, 3.05) is 17.6 Å². The molecule has 8 heteroatoms. The van der Waals surface area contributed by atoms with Gasteiger partial charge in [-0.2, -0.15) is 0 Å². The third kappa shape index (κ3) is 5.67. The molecular formula is C11H13Cl2NO4S. The topological polar surface area (TPSA) is 72.5 Å². The molecule has 1 rings (SSSR count). The molecule has 5 nitrogen and oxygen atoms in total. The summed E-state index contributed by atoms with van der Waals surface area (Å²) >= 11 is 11.6. The van der Waals surface area contributed by atoms with Crippen LogP contribution in [0.2, 0.25) is 10.0 Å². The third-order valence-electron chi connectivity index (χ3n) is 2.22. The summed E-state index contributed by atoms with van der Waals surface area (Å²) in [5, 5.41) is 0.627. The summed E-state index contributed by atoms with van der Waals surface area (Å²) in [6.45, 7) is 0. The van der Waals surface area contributed by atoms with Crippen LogP contribution in [0.4, 0.5) is 5.69 Å². The lowest BCUT2D eigenvalue weighted by atomic mass is 10.3. The lowest BCUT2D eigenvalue weighted by molar-refractivity contribution is -0.140. The number of ether oxygens (including phenoxy) is 1. The number of anilines is 1. The van der Waals surface area contributed by atoms with Gasteiger partial charge in [-0.3, -0.25) is 9.52 Å². The Morgan fingerprint density at radius 2 is 2.05 bits per heavy atom. The first kappa shape index (κ1) is 16.1. The molecule has 1 N–H and O–H groups in total. The number of nitrogens with one attached hydrogen (secondary N) is 1. The number of methoxy groups -OCH3 is 1. The predicted molar refractivity (Wildman–Crippen MR) is 75.1 cm³/mol. The van der Waals surface area contributed by atoms with Crippen molar-refractivity contribution in [2.45, 2.75) is 12.8 Å². The Morgan fingerprint density at radius 3 is 2.63 bits per heavy atom. The third-order valence-corrected chi connectivity index (χ3v) is 4.12. The molecule has 0 aliphatic carbocycles. The number of rotatable bonds is 6. The second-order valence-corrected chi connectivity index (χ2v) is 6.41. The van der Waals surface area contributed by atoms with Gasteiger partial charge in [0.2, 0.25) is 10.0 Å². The maximum Gasteiger partial charge on any atom is 0.305 e. The largest absolute Gasteiger partial charge is 0.469 e. The minimum absolute atomic E-state index is 0.0474. The van der Waals surface area contributed by atoms with E-state index in [-0.39, 0.29) is 29.3 Å². The van der Waals surface area contributed by atoms with Gasteiger partial charge in [0.1, 0.15) is 0 Å². The molecule has 1 aromatic rings. The normalized spacial score (nSPS) is 11.1. The fourth-order valence-corrected chi connectivity index (χ4v) is 2.95. The molecule has 19 heavy (non-hydrogen) atoms. The number of carbonyl (C=O) groups is 1. The zero-order valence-corrected chi connectivity index (χ0v) is 12.5. The van der Waals surface area contributed by atoms with Gasteiger partial charge in [-0.25, -0.2) is 8.42 Å². The van der Waals surface area contributed by atoms with Gasteiger partial charge in [0.05, 0.1) is 23.6 Å². The Bertz CT molecular complexity index is 560. The zero-order chi connectivity index (χ0) is 14.5. The van der Waals surface area contributed by atoms with E-state index in [1.165, 1.54) is 25.3 Å². The van der Waals surface area contributed by atoms with Crippen LogP contribution in [0.5, 0.6) is 0 Å². The summed E-state index contributed by atoms with van der Waals surface area (Å²) < 4.78 is 30.3. The van der Waals surface area contributed by atoms with Crippen molar-refractivity contribution in [3.63, 3.8) is 0 Å². The molecule has 1 aromatic carbocycles. The smallest absolute Gasteiger partial charge is 0.305 e. The number of halogens is 2. The van der Waals surface area contributed by atoms with Crippen molar-refractivity contribution in [1.29, 1.82) is 0 Å². The SMILES string of the molecule is COC(=O)CCCS(=O)(=O)Nc1ccc(Cl)cc1Cl. The highest BCUT2D eigenvalue weighted by molar-refractivity contribution is 7.92. The minimum atomic E-state index is -3.56. The molecular weight excluding hydrogens is 313 g/mol. The van der Waals surface area contributed by atoms with E-state index in [1.54, 1.807) is 0 Å². The van der Waals surface area contributed by atoms with E-state index in [4.69, 9.17) is 23.2 Å². The molecule has 0 fully saturated rings. The molecule has 0 aliphatic rings.